The number of hydrogen-bond donors (Lipinski definition) is 1. The lowest BCUT2D eigenvalue weighted by Gasteiger charge is -2.08. The molecule has 0 saturated carbocycles. The summed E-state index contributed by atoms with van der Waals surface area (Å²) < 4.78 is 10.4. The summed E-state index contributed by atoms with van der Waals surface area (Å²) in [4.78, 5) is 21.8. The minimum absolute atomic E-state index is 0.00500. The predicted octanol–water partition coefficient (Wildman–Crippen LogP) is 3.01. The molecule has 2 rings (SSSR count). The van der Waals surface area contributed by atoms with E-state index in [4.69, 9.17) is 9.47 Å². The summed E-state index contributed by atoms with van der Waals surface area (Å²) in [7, 11) is 1.57. The molecule has 1 amide bonds. The van der Waals surface area contributed by atoms with Crippen molar-refractivity contribution in [1.29, 1.82) is 0 Å². The highest BCUT2D eigenvalue weighted by Gasteiger charge is 2.06. The van der Waals surface area contributed by atoms with E-state index < -0.39 is 4.92 Å². The molecule has 0 fully saturated rings. The molecular weight excluding hydrogens is 300 g/mol. The van der Waals surface area contributed by atoms with Gasteiger partial charge in [0.25, 0.3) is 5.69 Å². The number of benzene rings is 2. The molecule has 0 bridgehead atoms. The van der Waals surface area contributed by atoms with Gasteiger partial charge in [0.1, 0.15) is 11.5 Å². The van der Waals surface area contributed by atoms with Gasteiger partial charge in [-0.1, -0.05) is 0 Å². The van der Waals surface area contributed by atoms with Crippen molar-refractivity contribution >= 4 is 17.3 Å². The fourth-order valence-electron chi connectivity index (χ4n) is 1.82. The second-order valence-corrected chi connectivity index (χ2v) is 4.63. The Morgan fingerprint density at radius 3 is 2.26 bits per heavy atom. The summed E-state index contributed by atoms with van der Waals surface area (Å²) in [5, 5.41) is 13.3. The molecule has 2 aromatic rings. The van der Waals surface area contributed by atoms with Crippen LogP contribution in [0.2, 0.25) is 0 Å². The Morgan fingerprint density at radius 1 is 1.09 bits per heavy atom. The van der Waals surface area contributed by atoms with E-state index >= 15 is 0 Å². The molecule has 7 nitrogen and oxygen atoms in total. The summed E-state index contributed by atoms with van der Waals surface area (Å²) >= 11 is 0. The van der Waals surface area contributed by atoms with Crippen molar-refractivity contribution in [3.8, 4) is 11.5 Å². The quantitative estimate of drug-likeness (QED) is 0.626. The summed E-state index contributed by atoms with van der Waals surface area (Å²) in [5.74, 6) is 1.01. The molecule has 1 N–H and O–H groups in total. The van der Waals surface area contributed by atoms with Gasteiger partial charge in [0.05, 0.1) is 25.1 Å². The topological polar surface area (TPSA) is 90.7 Å². The fraction of sp³-hybridized carbons (Fsp3) is 0.188. The van der Waals surface area contributed by atoms with Crippen LogP contribution >= 0.6 is 0 Å². The minimum Gasteiger partial charge on any atom is -0.497 e. The predicted molar refractivity (Wildman–Crippen MR) is 84.8 cm³/mol. The molecule has 7 heteroatoms. The lowest BCUT2D eigenvalue weighted by molar-refractivity contribution is -0.384. The van der Waals surface area contributed by atoms with Gasteiger partial charge in [0, 0.05) is 17.8 Å². The van der Waals surface area contributed by atoms with Crippen LogP contribution in [-0.4, -0.2) is 24.5 Å². The van der Waals surface area contributed by atoms with Crippen molar-refractivity contribution in [2.75, 3.05) is 19.0 Å². The number of hydrogen-bond acceptors (Lipinski definition) is 5. The van der Waals surface area contributed by atoms with Crippen molar-refractivity contribution in [2.24, 2.45) is 0 Å². The number of nitrogens with one attached hydrogen (secondary N) is 1. The Kier molecular flexibility index (Phi) is 5.51. The van der Waals surface area contributed by atoms with Crippen LogP contribution in [0.1, 0.15) is 6.42 Å². The summed E-state index contributed by atoms with van der Waals surface area (Å²) in [5.41, 5.74) is 0.667. The molecule has 0 atom stereocenters. The minimum atomic E-state index is -0.480. The van der Waals surface area contributed by atoms with Crippen LogP contribution in [-0.2, 0) is 4.79 Å². The van der Waals surface area contributed by atoms with E-state index in [9.17, 15) is 14.9 Å². The van der Waals surface area contributed by atoms with Gasteiger partial charge in [-0.15, -0.1) is 0 Å². The largest absolute Gasteiger partial charge is 0.497 e. The van der Waals surface area contributed by atoms with Crippen LogP contribution in [0.5, 0.6) is 11.5 Å². The second-order valence-electron chi connectivity index (χ2n) is 4.63. The highest BCUT2D eigenvalue weighted by atomic mass is 16.6. The van der Waals surface area contributed by atoms with E-state index in [0.717, 1.165) is 0 Å². The zero-order valence-electron chi connectivity index (χ0n) is 12.5. The maximum atomic E-state index is 11.8. The third kappa shape index (κ3) is 4.99. The van der Waals surface area contributed by atoms with E-state index in [1.165, 1.54) is 24.3 Å². The Labute approximate surface area is 133 Å². The standard InChI is InChI=1S/C16H16N2O5/c1-22-14-6-2-12(3-7-14)17-16(19)10-11-23-15-8-4-13(5-9-15)18(20)21/h2-9H,10-11H2,1H3,(H,17,19). The number of amides is 1. The number of carbonyl (C=O) groups is 1. The average Bonchev–Trinajstić information content (AvgIpc) is 2.56. The van der Waals surface area contributed by atoms with Gasteiger partial charge in [-0.05, 0) is 36.4 Å². The number of non-ortho nitro benzene ring substituents is 1. The molecule has 120 valence electrons. The lowest BCUT2D eigenvalue weighted by Crippen LogP contribution is -2.15. The number of nitrogens with zero attached hydrogens (tertiary/aromatic N) is 1. The number of rotatable bonds is 7. The van der Waals surface area contributed by atoms with Gasteiger partial charge >= 0.3 is 0 Å². The summed E-state index contributed by atoms with van der Waals surface area (Å²) in [6.45, 7) is 0.180. The highest BCUT2D eigenvalue weighted by molar-refractivity contribution is 5.90. The van der Waals surface area contributed by atoms with Crippen molar-refractivity contribution in [3.05, 3.63) is 58.6 Å². The van der Waals surface area contributed by atoms with Crippen LogP contribution in [0, 0.1) is 10.1 Å². The van der Waals surface area contributed by atoms with Crippen LogP contribution in [0.4, 0.5) is 11.4 Å². The van der Waals surface area contributed by atoms with Crippen molar-refractivity contribution < 1.29 is 19.2 Å². The van der Waals surface area contributed by atoms with E-state index in [-0.39, 0.29) is 24.6 Å². The van der Waals surface area contributed by atoms with Crippen LogP contribution in [0.25, 0.3) is 0 Å². The number of ether oxygens (including phenoxy) is 2. The molecule has 0 aliphatic rings. The Bertz CT molecular complexity index is 668. The van der Waals surface area contributed by atoms with E-state index in [1.807, 2.05) is 0 Å². The third-order valence-corrected chi connectivity index (χ3v) is 3.02. The van der Waals surface area contributed by atoms with Gasteiger partial charge in [-0.25, -0.2) is 0 Å². The SMILES string of the molecule is COc1ccc(NC(=O)CCOc2ccc([N+](=O)[O-])cc2)cc1. The first-order chi connectivity index (χ1) is 11.1. The maximum absolute atomic E-state index is 11.8. The van der Waals surface area contributed by atoms with E-state index in [1.54, 1.807) is 31.4 Å². The summed E-state index contributed by atoms with van der Waals surface area (Å²) in [6.07, 6.45) is 0.170. The molecule has 0 aliphatic carbocycles. The zero-order chi connectivity index (χ0) is 16.7. The molecule has 23 heavy (non-hydrogen) atoms. The van der Waals surface area contributed by atoms with Gasteiger partial charge in [0.15, 0.2) is 0 Å². The van der Waals surface area contributed by atoms with Crippen LogP contribution in [0.3, 0.4) is 0 Å². The zero-order valence-corrected chi connectivity index (χ0v) is 12.5. The monoisotopic (exact) mass is 316 g/mol. The molecule has 0 aromatic heterocycles. The highest BCUT2D eigenvalue weighted by Crippen LogP contribution is 2.18. The number of nitro groups is 1. The molecule has 0 heterocycles. The molecule has 0 spiro atoms. The maximum Gasteiger partial charge on any atom is 0.269 e. The van der Waals surface area contributed by atoms with Gasteiger partial charge in [-0.2, -0.15) is 0 Å². The summed E-state index contributed by atoms with van der Waals surface area (Å²) in [6, 6.07) is 12.7. The first-order valence-corrected chi connectivity index (χ1v) is 6.89. The number of methoxy groups -OCH3 is 1. The Morgan fingerprint density at radius 2 is 1.70 bits per heavy atom. The lowest BCUT2D eigenvalue weighted by atomic mass is 10.3. The van der Waals surface area contributed by atoms with Crippen molar-refractivity contribution in [1.82, 2.24) is 0 Å². The fourth-order valence-corrected chi connectivity index (χ4v) is 1.82. The van der Waals surface area contributed by atoms with E-state index in [2.05, 4.69) is 5.32 Å². The smallest absolute Gasteiger partial charge is 0.269 e. The second kappa shape index (κ2) is 7.79. The number of carbonyl (C=O) groups excluding carboxylic acids is 1. The molecule has 2 aromatic carbocycles. The number of anilines is 1. The van der Waals surface area contributed by atoms with Crippen molar-refractivity contribution in [2.45, 2.75) is 6.42 Å². The third-order valence-electron chi connectivity index (χ3n) is 3.02. The average molecular weight is 316 g/mol. The normalized spacial score (nSPS) is 9.96. The Balaban J connectivity index is 1.76. The van der Waals surface area contributed by atoms with Gasteiger partial charge in [-0.3, -0.25) is 14.9 Å². The molecular formula is C16H16N2O5. The Hall–Kier alpha value is -3.09. The van der Waals surface area contributed by atoms with Crippen LogP contribution < -0.4 is 14.8 Å². The van der Waals surface area contributed by atoms with Crippen LogP contribution in [0.15, 0.2) is 48.5 Å². The molecule has 0 saturated heterocycles. The first kappa shape index (κ1) is 16.3. The first-order valence-electron chi connectivity index (χ1n) is 6.89. The van der Waals surface area contributed by atoms with Gasteiger partial charge < -0.3 is 14.8 Å². The number of nitro benzene ring substituents is 1. The van der Waals surface area contributed by atoms with E-state index in [0.29, 0.717) is 17.2 Å². The molecule has 0 aliphatic heterocycles. The molecule has 0 radical (unpaired) electrons. The molecule has 0 unspecified atom stereocenters. The van der Waals surface area contributed by atoms with Gasteiger partial charge in [0.2, 0.25) is 5.91 Å². The van der Waals surface area contributed by atoms with Crippen molar-refractivity contribution in [3.63, 3.8) is 0 Å².